The van der Waals surface area contributed by atoms with E-state index in [1.165, 1.54) is 36.4 Å². The number of ether oxygens (including phenoxy) is 2. The number of aromatic nitrogens is 1. The first kappa shape index (κ1) is 22.2. The van der Waals surface area contributed by atoms with E-state index in [0.29, 0.717) is 35.3 Å². The highest BCUT2D eigenvalue weighted by atomic mass is 35.5. The summed E-state index contributed by atoms with van der Waals surface area (Å²) in [4.78, 5) is 4.23. The molecule has 1 aliphatic rings. The molecular weight excluding hydrogens is 483 g/mol. The quantitative estimate of drug-likeness (QED) is 0.381. The van der Waals surface area contributed by atoms with Crippen molar-refractivity contribution in [2.45, 2.75) is 16.5 Å². The lowest BCUT2D eigenvalue weighted by Crippen LogP contribution is -2.16. The number of hydrogen-bond donors (Lipinski definition) is 1. The number of fused-ring (bicyclic) bond motifs is 1. The van der Waals surface area contributed by atoms with Gasteiger partial charge < -0.3 is 19.2 Å². The van der Waals surface area contributed by atoms with E-state index in [2.05, 4.69) is 10.3 Å². The van der Waals surface area contributed by atoms with Crippen molar-refractivity contribution in [3.05, 3.63) is 83.1 Å². The van der Waals surface area contributed by atoms with Crippen LogP contribution in [0.25, 0.3) is 11.5 Å². The molecule has 0 saturated heterocycles. The normalized spacial score (nSPS) is 13.0. The molecule has 0 spiro atoms. The summed E-state index contributed by atoms with van der Waals surface area (Å²) in [7, 11) is -4.12. The van der Waals surface area contributed by atoms with Crippen molar-refractivity contribution in [3.63, 3.8) is 0 Å². The molecular formula is C24H18ClFN2O5S. The molecule has 0 unspecified atom stereocenters. The molecule has 0 aliphatic carbocycles. The minimum absolute atomic E-state index is 0.0257. The Labute approximate surface area is 200 Å². The van der Waals surface area contributed by atoms with E-state index in [-0.39, 0.29) is 28.2 Å². The number of benzene rings is 3. The molecule has 2 heterocycles. The van der Waals surface area contributed by atoms with Gasteiger partial charge in [0.15, 0.2) is 11.5 Å². The molecule has 0 atom stereocenters. The fourth-order valence-corrected chi connectivity index (χ4v) is 4.93. The van der Waals surface area contributed by atoms with Gasteiger partial charge in [0.1, 0.15) is 19.0 Å². The zero-order valence-corrected chi connectivity index (χ0v) is 19.2. The molecule has 10 heteroatoms. The fraction of sp³-hybridized carbons (Fsp3) is 0.125. The van der Waals surface area contributed by atoms with Gasteiger partial charge >= 0.3 is 0 Å². The molecule has 174 valence electrons. The van der Waals surface area contributed by atoms with E-state index < -0.39 is 15.7 Å². The van der Waals surface area contributed by atoms with Crippen molar-refractivity contribution >= 4 is 27.3 Å². The number of anilines is 1. The highest BCUT2D eigenvalue weighted by Gasteiger charge is 2.30. The van der Waals surface area contributed by atoms with Crippen LogP contribution in [0.5, 0.6) is 11.5 Å². The van der Waals surface area contributed by atoms with Crippen molar-refractivity contribution in [3.8, 4) is 23.0 Å². The minimum atomic E-state index is -4.12. The number of halogens is 2. The van der Waals surface area contributed by atoms with Crippen LogP contribution in [0.4, 0.5) is 10.3 Å². The van der Waals surface area contributed by atoms with E-state index in [0.717, 1.165) is 5.56 Å². The van der Waals surface area contributed by atoms with E-state index >= 15 is 0 Å². The van der Waals surface area contributed by atoms with Gasteiger partial charge in [0.2, 0.25) is 26.6 Å². The average molecular weight is 501 g/mol. The molecule has 5 rings (SSSR count). The van der Waals surface area contributed by atoms with E-state index in [4.69, 9.17) is 25.5 Å². The predicted octanol–water partition coefficient (Wildman–Crippen LogP) is 5.35. The van der Waals surface area contributed by atoms with Crippen LogP contribution in [0.3, 0.4) is 0 Å². The Kier molecular flexibility index (Phi) is 5.89. The molecule has 34 heavy (non-hydrogen) atoms. The number of nitrogens with zero attached hydrogens (tertiary/aromatic N) is 1. The Morgan fingerprint density at radius 3 is 2.47 bits per heavy atom. The summed E-state index contributed by atoms with van der Waals surface area (Å²) in [5.41, 5.74) is 1.16. The third kappa shape index (κ3) is 4.32. The van der Waals surface area contributed by atoms with Crippen LogP contribution in [0.1, 0.15) is 5.56 Å². The molecule has 0 amide bonds. The lowest BCUT2D eigenvalue weighted by Gasteiger charge is -2.18. The molecule has 0 saturated carbocycles. The molecule has 1 aliphatic heterocycles. The Hall–Kier alpha value is -3.56. The van der Waals surface area contributed by atoms with Crippen molar-refractivity contribution in [1.82, 2.24) is 4.98 Å². The van der Waals surface area contributed by atoms with Crippen LogP contribution < -0.4 is 14.8 Å². The molecule has 0 fully saturated rings. The van der Waals surface area contributed by atoms with Crippen LogP contribution in [-0.2, 0) is 16.4 Å². The second-order valence-corrected chi connectivity index (χ2v) is 9.69. The average Bonchev–Trinajstić information content (AvgIpc) is 3.29. The van der Waals surface area contributed by atoms with Crippen LogP contribution in [0.2, 0.25) is 5.02 Å². The molecule has 0 radical (unpaired) electrons. The van der Waals surface area contributed by atoms with Gasteiger partial charge in [-0.25, -0.2) is 12.8 Å². The largest absolute Gasteiger partial charge is 0.486 e. The SMILES string of the molecule is O=S(=O)(c1ccc2c(c1)OCCO2)c1nc(-c2ccc(F)cc2)oc1NCc1ccccc1Cl. The third-order valence-corrected chi connectivity index (χ3v) is 7.19. The predicted molar refractivity (Wildman–Crippen MR) is 124 cm³/mol. The van der Waals surface area contributed by atoms with Gasteiger partial charge in [0.25, 0.3) is 0 Å². The topological polar surface area (TPSA) is 90.7 Å². The Bertz CT molecular complexity index is 1450. The van der Waals surface area contributed by atoms with Crippen molar-refractivity contribution in [2.24, 2.45) is 0 Å². The molecule has 0 bridgehead atoms. The maximum atomic E-state index is 13.6. The Balaban J connectivity index is 1.56. The van der Waals surface area contributed by atoms with Gasteiger partial charge in [-0.3, -0.25) is 0 Å². The zero-order chi connectivity index (χ0) is 23.7. The van der Waals surface area contributed by atoms with Crippen LogP contribution in [0.15, 0.2) is 81.1 Å². The molecule has 4 aromatic rings. The maximum Gasteiger partial charge on any atom is 0.234 e. The summed E-state index contributed by atoms with van der Waals surface area (Å²) < 4.78 is 57.3. The lowest BCUT2D eigenvalue weighted by molar-refractivity contribution is 0.171. The first-order valence-corrected chi connectivity index (χ1v) is 12.2. The minimum Gasteiger partial charge on any atom is -0.486 e. The fourth-order valence-electron chi connectivity index (χ4n) is 3.44. The Morgan fingerprint density at radius 1 is 0.971 bits per heavy atom. The van der Waals surface area contributed by atoms with Gasteiger partial charge in [-0.05, 0) is 48.0 Å². The van der Waals surface area contributed by atoms with E-state index in [1.54, 1.807) is 18.2 Å². The van der Waals surface area contributed by atoms with Gasteiger partial charge in [0, 0.05) is 23.2 Å². The second-order valence-electron chi connectivity index (χ2n) is 7.41. The molecule has 1 aromatic heterocycles. The summed E-state index contributed by atoms with van der Waals surface area (Å²) in [6.07, 6.45) is 0. The number of rotatable bonds is 6. The summed E-state index contributed by atoms with van der Waals surface area (Å²) in [6, 6.07) is 16.9. The standard InChI is InChI=1S/C24H18ClFN2O5S/c25-19-4-2-1-3-16(19)14-27-23-24(28-22(33-23)15-5-7-17(26)8-6-15)34(29,30)18-9-10-20-21(13-18)32-12-11-31-20/h1-10,13,27H,11-12,14H2. The number of oxazole rings is 1. The number of sulfone groups is 1. The van der Waals surface area contributed by atoms with Crippen LogP contribution in [0, 0.1) is 5.82 Å². The van der Waals surface area contributed by atoms with Gasteiger partial charge in [-0.1, -0.05) is 29.8 Å². The third-order valence-electron chi connectivity index (χ3n) is 5.16. The second kappa shape index (κ2) is 9.00. The summed E-state index contributed by atoms with van der Waals surface area (Å²) in [5, 5.41) is 3.20. The van der Waals surface area contributed by atoms with Gasteiger partial charge in [-0.2, -0.15) is 4.98 Å². The monoisotopic (exact) mass is 500 g/mol. The number of hydrogen-bond acceptors (Lipinski definition) is 7. The van der Waals surface area contributed by atoms with E-state index in [1.807, 2.05) is 12.1 Å². The lowest BCUT2D eigenvalue weighted by atomic mass is 10.2. The smallest absolute Gasteiger partial charge is 0.234 e. The zero-order valence-electron chi connectivity index (χ0n) is 17.6. The van der Waals surface area contributed by atoms with Crippen LogP contribution >= 0.6 is 11.6 Å². The van der Waals surface area contributed by atoms with Gasteiger partial charge in [-0.15, -0.1) is 0 Å². The summed E-state index contributed by atoms with van der Waals surface area (Å²) in [5.74, 6) is 0.331. The molecule has 3 aromatic carbocycles. The summed E-state index contributed by atoms with van der Waals surface area (Å²) >= 11 is 6.23. The van der Waals surface area contributed by atoms with Crippen LogP contribution in [-0.4, -0.2) is 26.6 Å². The van der Waals surface area contributed by atoms with Crippen molar-refractivity contribution < 1.29 is 26.7 Å². The Morgan fingerprint density at radius 2 is 1.71 bits per heavy atom. The van der Waals surface area contributed by atoms with E-state index in [9.17, 15) is 12.8 Å². The highest BCUT2D eigenvalue weighted by molar-refractivity contribution is 7.91. The molecule has 1 N–H and O–H groups in total. The van der Waals surface area contributed by atoms with Gasteiger partial charge in [0.05, 0.1) is 4.90 Å². The van der Waals surface area contributed by atoms with Crippen molar-refractivity contribution in [2.75, 3.05) is 18.5 Å². The highest BCUT2D eigenvalue weighted by Crippen LogP contribution is 2.37. The first-order valence-electron chi connectivity index (χ1n) is 10.3. The van der Waals surface area contributed by atoms with Crippen molar-refractivity contribution in [1.29, 1.82) is 0 Å². The summed E-state index contributed by atoms with van der Waals surface area (Å²) in [6.45, 7) is 0.903. The molecule has 7 nitrogen and oxygen atoms in total. The maximum absolute atomic E-state index is 13.6. The first-order chi connectivity index (χ1) is 16.4. The number of nitrogens with one attached hydrogen (secondary N) is 1.